The lowest BCUT2D eigenvalue weighted by atomic mass is 10.1. The average Bonchev–Trinajstić information content (AvgIpc) is 2.55. The molecule has 116 valence electrons. The van der Waals surface area contributed by atoms with Gasteiger partial charge in [0.1, 0.15) is 11.1 Å². The van der Waals surface area contributed by atoms with Crippen LogP contribution in [0.1, 0.15) is 15.9 Å². The number of nitrogens with one attached hydrogen (secondary N) is 1. The van der Waals surface area contributed by atoms with Crippen molar-refractivity contribution in [3.63, 3.8) is 0 Å². The van der Waals surface area contributed by atoms with E-state index in [-0.39, 0.29) is 17.7 Å². The number of nitrogens with zero attached hydrogens (tertiary/aromatic N) is 1. The van der Waals surface area contributed by atoms with Crippen molar-refractivity contribution in [1.82, 2.24) is 9.88 Å². The summed E-state index contributed by atoms with van der Waals surface area (Å²) in [6.07, 6.45) is 1.63. The van der Waals surface area contributed by atoms with Crippen LogP contribution in [0.2, 0.25) is 0 Å². The monoisotopic (exact) mass is 310 g/mol. The summed E-state index contributed by atoms with van der Waals surface area (Å²) >= 11 is 0. The van der Waals surface area contributed by atoms with Crippen LogP contribution in [0.25, 0.3) is 11.0 Å². The lowest BCUT2D eigenvalue weighted by Gasteiger charge is -2.06. The predicted molar refractivity (Wildman–Crippen MR) is 85.3 cm³/mol. The highest BCUT2D eigenvalue weighted by Gasteiger charge is 2.13. The fourth-order valence-corrected chi connectivity index (χ4v) is 2.25. The van der Waals surface area contributed by atoms with Crippen LogP contribution in [0, 0.1) is 0 Å². The van der Waals surface area contributed by atoms with Gasteiger partial charge in [0.2, 0.25) is 5.56 Å². The van der Waals surface area contributed by atoms with Crippen molar-refractivity contribution in [3.8, 4) is 0 Å². The first-order valence-electron chi connectivity index (χ1n) is 7.01. The number of amides is 1. The van der Waals surface area contributed by atoms with E-state index in [2.05, 4.69) is 5.32 Å². The number of fused-ring (bicyclic) bond motifs is 1. The maximum Gasteiger partial charge on any atom is 0.349 e. The van der Waals surface area contributed by atoms with Gasteiger partial charge < -0.3 is 14.3 Å². The number of carbonyl (C=O) groups is 1. The number of hydrogen-bond donors (Lipinski definition) is 1. The predicted octanol–water partition coefficient (Wildman–Crippen LogP) is 1.42. The van der Waals surface area contributed by atoms with E-state index < -0.39 is 11.5 Å². The summed E-state index contributed by atoms with van der Waals surface area (Å²) in [6, 6.07) is 11.6. The van der Waals surface area contributed by atoms with Crippen molar-refractivity contribution < 1.29 is 9.21 Å². The molecule has 0 spiro atoms. The molecule has 0 bridgehead atoms. The molecule has 3 aromatic rings. The fourth-order valence-electron chi connectivity index (χ4n) is 2.25. The Morgan fingerprint density at radius 1 is 1.17 bits per heavy atom. The van der Waals surface area contributed by atoms with Gasteiger partial charge in [0, 0.05) is 31.2 Å². The smallest absolute Gasteiger partial charge is 0.349 e. The molecule has 0 radical (unpaired) electrons. The minimum Gasteiger partial charge on any atom is -0.422 e. The summed E-state index contributed by atoms with van der Waals surface area (Å²) in [5.41, 5.74) is 0.336. The van der Waals surface area contributed by atoms with Crippen molar-refractivity contribution in [2.24, 2.45) is 7.05 Å². The summed E-state index contributed by atoms with van der Waals surface area (Å²) in [4.78, 5) is 35.4. The zero-order chi connectivity index (χ0) is 16.4. The number of rotatable bonds is 3. The zero-order valence-electron chi connectivity index (χ0n) is 12.4. The van der Waals surface area contributed by atoms with Crippen LogP contribution in [0.3, 0.4) is 0 Å². The minimum absolute atomic E-state index is 0.0477. The van der Waals surface area contributed by atoms with Gasteiger partial charge in [0.05, 0.1) is 0 Å². The highest BCUT2D eigenvalue weighted by Crippen LogP contribution is 2.12. The Balaban J connectivity index is 1.83. The van der Waals surface area contributed by atoms with Crippen LogP contribution in [0.15, 0.2) is 62.7 Å². The third kappa shape index (κ3) is 3.06. The first kappa shape index (κ1) is 14.8. The summed E-state index contributed by atoms with van der Waals surface area (Å²) < 4.78 is 6.56. The molecule has 0 unspecified atom stereocenters. The summed E-state index contributed by atoms with van der Waals surface area (Å²) in [6.45, 7) is 0.208. The molecule has 1 amide bonds. The molecular weight excluding hydrogens is 296 g/mol. The van der Waals surface area contributed by atoms with Gasteiger partial charge >= 0.3 is 5.63 Å². The van der Waals surface area contributed by atoms with Crippen LogP contribution < -0.4 is 16.5 Å². The normalized spacial score (nSPS) is 10.7. The second-order valence-electron chi connectivity index (χ2n) is 5.15. The van der Waals surface area contributed by atoms with E-state index in [1.807, 2.05) is 0 Å². The van der Waals surface area contributed by atoms with E-state index in [1.54, 1.807) is 43.6 Å². The van der Waals surface area contributed by atoms with Gasteiger partial charge in [-0.05, 0) is 17.7 Å². The van der Waals surface area contributed by atoms with E-state index in [4.69, 9.17) is 4.42 Å². The molecule has 0 saturated heterocycles. The maximum atomic E-state index is 12.2. The lowest BCUT2D eigenvalue weighted by molar-refractivity contribution is 0.0947. The van der Waals surface area contributed by atoms with Gasteiger partial charge in [-0.25, -0.2) is 4.79 Å². The summed E-state index contributed by atoms with van der Waals surface area (Å²) in [5.74, 6) is -0.515. The maximum absolute atomic E-state index is 12.2. The second kappa shape index (κ2) is 5.92. The molecule has 1 aromatic carbocycles. The minimum atomic E-state index is -0.679. The second-order valence-corrected chi connectivity index (χ2v) is 5.15. The Morgan fingerprint density at radius 2 is 1.96 bits per heavy atom. The van der Waals surface area contributed by atoms with E-state index in [0.717, 1.165) is 5.56 Å². The van der Waals surface area contributed by atoms with Gasteiger partial charge in [-0.3, -0.25) is 9.59 Å². The number of carbonyl (C=O) groups excluding carboxylic acids is 1. The number of aromatic nitrogens is 1. The fraction of sp³-hybridized carbons (Fsp3) is 0.118. The van der Waals surface area contributed by atoms with E-state index in [9.17, 15) is 14.4 Å². The molecule has 0 saturated carbocycles. The first-order valence-corrected chi connectivity index (χ1v) is 7.01. The van der Waals surface area contributed by atoms with Crippen LogP contribution in [0.5, 0.6) is 0 Å². The van der Waals surface area contributed by atoms with Gasteiger partial charge in [0.15, 0.2) is 0 Å². The molecule has 6 nitrogen and oxygen atoms in total. The number of aryl methyl sites for hydroxylation is 1. The molecule has 0 aliphatic carbocycles. The van der Waals surface area contributed by atoms with E-state index >= 15 is 0 Å². The van der Waals surface area contributed by atoms with Crippen LogP contribution >= 0.6 is 0 Å². The zero-order valence-corrected chi connectivity index (χ0v) is 12.4. The Hall–Kier alpha value is -3.15. The molecule has 1 N–H and O–H groups in total. The van der Waals surface area contributed by atoms with Gasteiger partial charge in [-0.15, -0.1) is 0 Å². The molecule has 23 heavy (non-hydrogen) atoms. The molecular formula is C17H14N2O4. The third-order valence-electron chi connectivity index (χ3n) is 3.49. The Labute approximate surface area is 131 Å². The third-order valence-corrected chi connectivity index (χ3v) is 3.49. The van der Waals surface area contributed by atoms with E-state index in [1.165, 1.54) is 16.7 Å². The highest BCUT2D eigenvalue weighted by molar-refractivity contribution is 5.96. The quantitative estimate of drug-likeness (QED) is 0.742. The SMILES string of the molecule is Cn1cc(CNC(=O)c2cc3ccccc3oc2=O)ccc1=O. The molecule has 0 aliphatic rings. The molecule has 2 aromatic heterocycles. The standard InChI is InChI=1S/C17H14N2O4/c1-19-10-11(6-7-15(19)20)9-18-16(21)13-8-12-4-2-3-5-14(12)23-17(13)22/h2-8,10H,9H2,1H3,(H,18,21). The van der Waals surface area contributed by atoms with Gasteiger partial charge in [0.25, 0.3) is 5.91 Å². The molecule has 0 aliphatic heterocycles. The number of hydrogen-bond acceptors (Lipinski definition) is 4. The Morgan fingerprint density at radius 3 is 2.74 bits per heavy atom. The van der Waals surface area contributed by atoms with Crippen molar-refractivity contribution in [3.05, 3.63) is 80.6 Å². The van der Waals surface area contributed by atoms with Crippen molar-refractivity contribution >= 4 is 16.9 Å². The Kier molecular flexibility index (Phi) is 3.80. The largest absolute Gasteiger partial charge is 0.422 e. The Bertz CT molecular complexity index is 1000. The molecule has 3 rings (SSSR count). The first-order chi connectivity index (χ1) is 11.0. The molecule has 2 heterocycles. The number of benzene rings is 1. The van der Waals surface area contributed by atoms with E-state index in [0.29, 0.717) is 11.0 Å². The van der Waals surface area contributed by atoms with Crippen molar-refractivity contribution in [2.75, 3.05) is 0 Å². The van der Waals surface area contributed by atoms with Gasteiger partial charge in [-0.2, -0.15) is 0 Å². The van der Waals surface area contributed by atoms with Crippen LogP contribution in [-0.4, -0.2) is 10.5 Å². The molecule has 6 heteroatoms. The van der Waals surface area contributed by atoms with Crippen molar-refractivity contribution in [1.29, 1.82) is 0 Å². The van der Waals surface area contributed by atoms with Crippen LogP contribution in [-0.2, 0) is 13.6 Å². The summed E-state index contributed by atoms with van der Waals surface area (Å²) in [5, 5.41) is 3.33. The van der Waals surface area contributed by atoms with Gasteiger partial charge in [-0.1, -0.05) is 24.3 Å². The lowest BCUT2D eigenvalue weighted by Crippen LogP contribution is -2.28. The van der Waals surface area contributed by atoms with Crippen LogP contribution in [0.4, 0.5) is 0 Å². The topological polar surface area (TPSA) is 81.3 Å². The highest BCUT2D eigenvalue weighted by atomic mass is 16.4. The molecule has 0 fully saturated rings. The summed E-state index contributed by atoms with van der Waals surface area (Å²) in [7, 11) is 1.63. The molecule has 0 atom stereocenters. The van der Waals surface area contributed by atoms with Crippen molar-refractivity contribution in [2.45, 2.75) is 6.54 Å². The number of para-hydroxylation sites is 1. The number of pyridine rings is 1. The average molecular weight is 310 g/mol.